The van der Waals surface area contributed by atoms with Crippen molar-refractivity contribution in [3.63, 3.8) is 0 Å². The first kappa shape index (κ1) is 24.6. The van der Waals surface area contributed by atoms with Gasteiger partial charge in [-0.05, 0) is 80.4 Å². The van der Waals surface area contributed by atoms with Crippen LogP contribution in [0, 0.1) is 20.8 Å². The standard InChI is InChI=1S/C39H32N3/c1-25-19-26(2)27(3)31(20-25)36-22-34-33-21-32-30-17-11-12-18-35(30)41(28-13-7-5-8-14-28)37(32)23-38(33)42(39(34)24-40(36)4)29-15-9-6-10-16-29/h5-24H,1-4H3/q+1. The van der Waals surface area contributed by atoms with E-state index in [1.807, 2.05) is 0 Å². The zero-order valence-corrected chi connectivity index (χ0v) is 24.4. The Morgan fingerprint density at radius 2 is 1.07 bits per heavy atom. The Kier molecular flexibility index (Phi) is 5.39. The lowest BCUT2D eigenvalue weighted by Gasteiger charge is -2.10. The third-order valence-corrected chi connectivity index (χ3v) is 8.93. The molecule has 202 valence electrons. The van der Waals surface area contributed by atoms with Gasteiger partial charge in [-0.3, -0.25) is 0 Å². The van der Waals surface area contributed by atoms with E-state index in [1.165, 1.54) is 77.2 Å². The van der Waals surface area contributed by atoms with Gasteiger partial charge in [-0.25, -0.2) is 0 Å². The zero-order chi connectivity index (χ0) is 28.5. The largest absolute Gasteiger partial charge is 0.309 e. The molecule has 8 aromatic rings. The molecular weight excluding hydrogens is 510 g/mol. The first-order valence-corrected chi connectivity index (χ1v) is 14.6. The van der Waals surface area contributed by atoms with Gasteiger partial charge in [0.25, 0.3) is 0 Å². The fraction of sp³-hybridized carbons (Fsp3) is 0.103. The molecule has 0 aliphatic heterocycles. The van der Waals surface area contributed by atoms with E-state index in [-0.39, 0.29) is 0 Å². The fourth-order valence-electron chi connectivity index (χ4n) is 6.85. The second-order valence-electron chi connectivity index (χ2n) is 11.6. The lowest BCUT2D eigenvalue weighted by atomic mass is 9.96. The molecule has 8 rings (SSSR count). The molecule has 0 N–H and O–H groups in total. The van der Waals surface area contributed by atoms with Crippen LogP contribution in [0.5, 0.6) is 0 Å². The van der Waals surface area contributed by atoms with Crippen LogP contribution < -0.4 is 4.57 Å². The van der Waals surface area contributed by atoms with Crippen molar-refractivity contribution in [2.75, 3.05) is 0 Å². The lowest BCUT2D eigenvalue weighted by molar-refractivity contribution is -0.659. The summed E-state index contributed by atoms with van der Waals surface area (Å²) >= 11 is 0. The highest BCUT2D eigenvalue weighted by Crippen LogP contribution is 2.40. The van der Waals surface area contributed by atoms with Gasteiger partial charge in [0.1, 0.15) is 12.6 Å². The van der Waals surface area contributed by atoms with Crippen LogP contribution in [0.1, 0.15) is 16.7 Å². The second-order valence-corrected chi connectivity index (χ2v) is 11.6. The van der Waals surface area contributed by atoms with Crippen molar-refractivity contribution >= 4 is 43.6 Å². The molecule has 0 unspecified atom stereocenters. The molecule has 0 saturated heterocycles. The number of para-hydroxylation sites is 3. The first-order chi connectivity index (χ1) is 20.5. The van der Waals surface area contributed by atoms with E-state index >= 15 is 0 Å². The van der Waals surface area contributed by atoms with Gasteiger partial charge < -0.3 is 9.13 Å². The summed E-state index contributed by atoms with van der Waals surface area (Å²) in [6.07, 6.45) is 2.31. The molecule has 3 nitrogen and oxygen atoms in total. The Hall–Kier alpha value is -5.15. The summed E-state index contributed by atoms with van der Waals surface area (Å²) < 4.78 is 7.12. The fourth-order valence-corrected chi connectivity index (χ4v) is 6.85. The van der Waals surface area contributed by atoms with Crippen LogP contribution in [-0.4, -0.2) is 9.13 Å². The summed E-state index contributed by atoms with van der Waals surface area (Å²) in [5.41, 5.74) is 13.6. The van der Waals surface area contributed by atoms with E-state index in [1.54, 1.807) is 0 Å². The average Bonchev–Trinajstić information content (AvgIpc) is 3.49. The van der Waals surface area contributed by atoms with Crippen LogP contribution in [-0.2, 0) is 7.05 Å². The molecule has 0 atom stereocenters. The van der Waals surface area contributed by atoms with Gasteiger partial charge in [0.2, 0.25) is 5.69 Å². The van der Waals surface area contributed by atoms with Gasteiger partial charge in [0.05, 0.1) is 16.6 Å². The van der Waals surface area contributed by atoms with Crippen LogP contribution in [0.2, 0.25) is 0 Å². The zero-order valence-electron chi connectivity index (χ0n) is 24.4. The number of benzene rings is 5. The Morgan fingerprint density at radius 1 is 0.500 bits per heavy atom. The number of nitrogens with zero attached hydrogens (tertiary/aromatic N) is 3. The second kappa shape index (κ2) is 9.19. The van der Waals surface area contributed by atoms with Gasteiger partial charge >= 0.3 is 0 Å². The van der Waals surface area contributed by atoms with Crippen molar-refractivity contribution in [1.29, 1.82) is 0 Å². The minimum atomic E-state index is 1.16. The summed E-state index contributed by atoms with van der Waals surface area (Å²) in [6.45, 7) is 6.64. The number of hydrogen-bond acceptors (Lipinski definition) is 0. The number of fused-ring (bicyclic) bond motifs is 6. The Bertz CT molecular complexity index is 2320. The Labute approximate surface area is 245 Å². The predicted octanol–water partition coefficient (Wildman–Crippen LogP) is 9.30. The number of pyridine rings is 1. The Morgan fingerprint density at radius 3 is 1.76 bits per heavy atom. The molecule has 3 heteroatoms. The molecule has 0 aliphatic rings. The SMILES string of the molecule is Cc1cc(C)c(C)c(-c2cc3c4cc5c6ccccc6n(-c6ccccc6)c5cc4n(-c4ccccc4)c3c[n+]2C)c1. The number of hydrogen-bond donors (Lipinski definition) is 0. The molecule has 3 heterocycles. The molecule has 0 saturated carbocycles. The van der Waals surface area contributed by atoms with Gasteiger partial charge in [-0.15, -0.1) is 0 Å². The maximum Gasteiger partial charge on any atom is 0.213 e. The molecule has 0 amide bonds. The minimum Gasteiger partial charge on any atom is -0.309 e. The first-order valence-electron chi connectivity index (χ1n) is 14.6. The van der Waals surface area contributed by atoms with E-state index in [2.05, 4.69) is 163 Å². The molecule has 0 aliphatic carbocycles. The summed E-state index contributed by atoms with van der Waals surface area (Å²) in [4.78, 5) is 0. The summed E-state index contributed by atoms with van der Waals surface area (Å²) in [5, 5.41) is 5.07. The van der Waals surface area contributed by atoms with Crippen LogP contribution in [0.15, 0.2) is 121 Å². The van der Waals surface area contributed by atoms with Crippen LogP contribution in [0.4, 0.5) is 0 Å². The van der Waals surface area contributed by atoms with E-state index in [4.69, 9.17) is 0 Å². The topological polar surface area (TPSA) is 13.7 Å². The van der Waals surface area contributed by atoms with Crippen molar-refractivity contribution in [2.24, 2.45) is 7.05 Å². The van der Waals surface area contributed by atoms with Crippen molar-refractivity contribution in [1.82, 2.24) is 9.13 Å². The van der Waals surface area contributed by atoms with Crippen molar-refractivity contribution in [3.05, 3.63) is 138 Å². The van der Waals surface area contributed by atoms with Crippen LogP contribution in [0.3, 0.4) is 0 Å². The highest BCUT2D eigenvalue weighted by atomic mass is 15.0. The maximum atomic E-state index is 2.43. The quantitative estimate of drug-likeness (QED) is 0.198. The summed E-state index contributed by atoms with van der Waals surface area (Å²) in [5.74, 6) is 0. The van der Waals surface area contributed by atoms with E-state index < -0.39 is 0 Å². The van der Waals surface area contributed by atoms with E-state index in [0.717, 1.165) is 5.69 Å². The van der Waals surface area contributed by atoms with E-state index in [9.17, 15) is 0 Å². The number of aromatic nitrogens is 3. The monoisotopic (exact) mass is 542 g/mol. The lowest BCUT2D eigenvalue weighted by Crippen LogP contribution is -2.31. The average molecular weight is 543 g/mol. The predicted molar refractivity (Wildman–Crippen MR) is 176 cm³/mol. The van der Waals surface area contributed by atoms with Crippen LogP contribution in [0.25, 0.3) is 66.2 Å². The van der Waals surface area contributed by atoms with Gasteiger partial charge in [-0.1, -0.05) is 66.2 Å². The van der Waals surface area contributed by atoms with Crippen molar-refractivity contribution in [2.45, 2.75) is 20.8 Å². The highest BCUT2D eigenvalue weighted by molar-refractivity contribution is 6.19. The maximum absolute atomic E-state index is 2.43. The highest BCUT2D eigenvalue weighted by Gasteiger charge is 2.23. The third kappa shape index (κ3) is 3.56. The number of rotatable bonds is 3. The van der Waals surface area contributed by atoms with Crippen molar-refractivity contribution < 1.29 is 4.57 Å². The normalized spacial score (nSPS) is 11.8. The molecule has 0 spiro atoms. The Balaban J connectivity index is 1.55. The molecule has 5 aromatic carbocycles. The summed E-state index contributed by atoms with van der Waals surface area (Å²) in [7, 11) is 2.17. The molecule has 0 radical (unpaired) electrons. The third-order valence-electron chi connectivity index (χ3n) is 8.93. The smallest absolute Gasteiger partial charge is 0.213 e. The van der Waals surface area contributed by atoms with E-state index in [0.29, 0.717) is 0 Å². The molecule has 3 aromatic heterocycles. The van der Waals surface area contributed by atoms with Gasteiger partial charge in [0.15, 0.2) is 6.20 Å². The number of aryl methyl sites for hydroxylation is 3. The molecular formula is C39H32N3+. The molecule has 0 bridgehead atoms. The molecule has 0 fully saturated rings. The van der Waals surface area contributed by atoms with Crippen LogP contribution >= 0.6 is 0 Å². The minimum absolute atomic E-state index is 1.16. The van der Waals surface area contributed by atoms with Gasteiger partial charge in [-0.2, -0.15) is 4.57 Å². The van der Waals surface area contributed by atoms with Crippen molar-refractivity contribution in [3.8, 4) is 22.6 Å². The summed E-state index contributed by atoms with van der Waals surface area (Å²) in [6, 6.07) is 42.1. The van der Waals surface area contributed by atoms with Gasteiger partial charge in [0, 0.05) is 44.5 Å². The molecule has 42 heavy (non-hydrogen) atoms.